The molecular formula is C15H13F2NO2. The van der Waals surface area contributed by atoms with Gasteiger partial charge in [-0.3, -0.25) is 0 Å². The predicted molar refractivity (Wildman–Crippen MR) is 71.1 cm³/mol. The van der Waals surface area contributed by atoms with Crippen molar-refractivity contribution in [2.24, 2.45) is 0 Å². The van der Waals surface area contributed by atoms with Crippen molar-refractivity contribution < 1.29 is 18.3 Å². The third kappa shape index (κ3) is 3.12. The number of esters is 1. The second kappa shape index (κ2) is 5.69. The summed E-state index contributed by atoms with van der Waals surface area (Å²) < 4.78 is 31.0. The maximum Gasteiger partial charge on any atom is 0.340 e. The van der Waals surface area contributed by atoms with Crippen LogP contribution >= 0.6 is 0 Å². The van der Waals surface area contributed by atoms with Gasteiger partial charge in [-0.2, -0.15) is 0 Å². The van der Waals surface area contributed by atoms with E-state index in [9.17, 15) is 13.6 Å². The molecule has 20 heavy (non-hydrogen) atoms. The molecule has 0 spiro atoms. The summed E-state index contributed by atoms with van der Waals surface area (Å²) in [6.07, 6.45) is 0. The van der Waals surface area contributed by atoms with Crippen molar-refractivity contribution in [1.29, 1.82) is 0 Å². The van der Waals surface area contributed by atoms with Crippen molar-refractivity contribution in [3.63, 3.8) is 0 Å². The van der Waals surface area contributed by atoms with Crippen molar-refractivity contribution in [2.75, 3.05) is 5.73 Å². The summed E-state index contributed by atoms with van der Waals surface area (Å²) in [7, 11) is 0. The molecule has 2 N–H and O–H groups in total. The number of rotatable bonds is 3. The summed E-state index contributed by atoms with van der Waals surface area (Å²) in [5.41, 5.74) is 7.21. The van der Waals surface area contributed by atoms with Crippen molar-refractivity contribution in [3.05, 3.63) is 64.7 Å². The number of carbonyl (C=O) groups excluding carboxylic acids is 1. The molecule has 0 aliphatic rings. The second-order valence-corrected chi connectivity index (χ2v) is 4.39. The van der Waals surface area contributed by atoms with Crippen molar-refractivity contribution in [3.8, 4) is 0 Å². The van der Waals surface area contributed by atoms with E-state index in [1.54, 1.807) is 25.1 Å². The van der Waals surface area contributed by atoms with Crippen LogP contribution in [0.1, 0.15) is 21.5 Å². The van der Waals surface area contributed by atoms with E-state index in [1.165, 1.54) is 0 Å². The summed E-state index contributed by atoms with van der Waals surface area (Å²) in [6, 6.07) is 8.02. The summed E-state index contributed by atoms with van der Waals surface area (Å²) >= 11 is 0. The Kier molecular flexibility index (Phi) is 3.98. The highest BCUT2D eigenvalue weighted by Crippen LogP contribution is 2.18. The highest BCUT2D eigenvalue weighted by Gasteiger charge is 2.14. The summed E-state index contributed by atoms with van der Waals surface area (Å²) in [5.74, 6) is -2.05. The van der Waals surface area contributed by atoms with Crippen LogP contribution in [0.3, 0.4) is 0 Å². The van der Waals surface area contributed by atoms with Gasteiger partial charge >= 0.3 is 5.97 Å². The first-order chi connectivity index (χ1) is 9.47. The molecule has 0 atom stereocenters. The van der Waals surface area contributed by atoms with Gasteiger partial charge in [-0.15, -0.1) is 0 Å². The van der Waals surface area contributed by atoms with Gasteiger partial charge in [-0.25, -0.2) is 13.6 Å². The molecule has 0 heterocycles. The molecule has 0 aromatic heterocycles. The third-order valence-electron chi connectivity index (χ3n) is 2.80. The monoisotopic (exact) mass is 277 g/mol. The molecule has 0 amide bonds. The van der Waals surface area contributed by atoms with Gasteiger partial charge in [0.1, 0.15) is 18.2 Å². The van der Waals surface area contributed by atoms with E-state index in [0.29, 0.717) is 11.3 Å². The van der Waals surface area contributed by atoms with Crippen LogP contribution in [-0.2, 0) is 11.3 Å². The number of anilines is 1. The minimum absolute atomic E-state index is 0.221. The number of hydrogen-bond donors (Lipinski definition) is 1. The van der Waals surface area contributed by atoms with Crippen LogP contribution in [0.25, 0.3) is 0 Å². The quantitative estimate of drug-likeness (QED) is 0.692. The van der Waals surface area contributed by atoms with Gasteiger partial charge in [0.15, 0.2) is 0 Å². The number of nitrogens with two attached hydrogens (primary N) is 1. The van der Waals surface area contributed by atoms with E-state index < -0.39 is 17.6 Å². The maximum atomic E-state index is 13.0. The Morgan fingerprint density at radius 1 is 1.20 bits per heavy atom. The van der Waals surface area contributed by atoms with E-state index in [1.807, 2.05) is 0 Å². The maximum absolute atomic E-state index is 13.0. The Balaban J connectivity index is 2.13. The molecular weight excluding hydrogens is 264 g/mol. The Bertz CT molecular complexity index is 616. The van der Waals surface area contributed by atoms with Crippen molar-refractivity contribution in [1.82, 2.24) is 0 Å². The minimum Gasteiger partial charge on any atom is -0.457 e. The number of benzene rings is 2. The van der Waals surface area contributed by atoms with Crippen LogP contribution in [0, 0.1) is 18.6 Å². The lowest BCUT2D eigenvalue weighted by molar-refractivity contribution is 0.0472. The molecule has 0 radical (unpaired) electrons. The van der Waals surface area contributed by atoms with Crippen LogP contribution in [0.15, 0.2) is 36.4 Å². The third-order valence-corrected chi connectivity index (χ3v) is 2.80. The number of halogens is 2. The van der Waals surface area contributed by atoms with E-state index >= 15 is 0 Å². The zero-order valence-corrected chi connectivity index (χ0v) is 10.8. The van der Waals surface area contributed by atoms with E-state index in [-0.39, 0.29) is 17.7 Å². The zero-order valence-electron chi connectivity index (χ0n) is 10.8. The molecule has 5 heteroatoms. The predicted octanol–water partition coefficient (Wildman–Crippen LogP) is 3.21. The molecule has 0 fully saturated rings. The summed E-state index contributed by atoms with van der Waals surface area (Å²) in [4.78, 5) is 11.9. The average Bonchev–Trinajstić information content (AvgIpc) is 2.35. The van der Waals surface area contributed by atoms with Gasteiger partial charge < -0.3 is 10.5 Å². The van der Waals surface area contributed by atoms with Gasteiger partial charge in [0.2, 0.25) is 0 Å². The van der Waals surface area contributed by atoms with Gasteiger partial charge in [0, 0.05) is 11.8 Å². The number of nitrogen functional groups attached to an aromatic ring is 1. The lowest BCUT2D eigenvalue weighted by Gasteiger charge is -2.09. The molecule has 0 saturated heterocycles. The molecule has 2 rings (SSSR count). The fourth-order valence-corrected chi connectivity index (χ4v) is 1.88. The van der Waals surface area contributed by atoms with Crippen molar-refractivity contribution in [2.45, 2.75) is 13.5 Å². The molecule has 104 valence electrons. The minimum atomic E-state index is -0.716. The molecule has 0 aliphatic heterocycles. The molecule has 0 unspecified atom stereocenters. The van der Waals surface area contributed by atoms with Crippen molar-refractivity contribution >= 4 is 11.7 Å². The van der Waals surface area contributed by atoms with Crippen LogP contribution < -0.4 is 5.73 Å². The molecule has 0 saturated carbocycles. The molecule has 3 nitrogen and oxygen atoms in total. The molecule has 0 bridgehead atoms. The highest BCUT2D eigenvalue weighted by atomic mass is 19.1. The Morgan fingerprint density at radius 2 is 1.85 bits per heavy atom. The van der Waals surface area contributed by atoms with E-state index in [2.05, 4.69) is 0 Å². The topological polar surface area (TPSA) is 52.3 Å². The fourth-order valence-electron chi connectivity index (χ4n) is 1.88. The molecule has 0 aliphatic carbocycles. The largest absolute Gasteiger partial charge is 0.457 e. The average molecular weight is 277 g/mol. The van der Waals surface area contributed by atoms with Gasteiger partial charge in [-0.05, 0) is 36.2 Å². The Hall–Kier alpha value is -2.43. The van der Waals surface area contributed by atoms with E-state index in [0.717, 1.165) is 18.2 Å². The first-order valence-corrected chi connectivity index (χ1v) is 5.94. The lowest BCUT2D eigenvalue weighted by Crippen LogP contribution is -2.10. The van der Waals surface area contributed by atoms with Crippen LogP contribution in [0.2, 0.25) is 0 Å². The van der Waals surface area contributed by atoms with E-state index in [4.69, 9.17) is 10.5 Å². The first kappa shape index (κ1) is 14.0. The second-order valence-electron chi connectivity index (χ2n) is 4.39. The smallest absolute Gasteiger partial charge is 0.340 e. The highest BCUT2D eigenvalue weighted by molar-refractivity contribution is 5.96. The SMILES string of the molecule is Cc1cccc(N)c1C(=O)OCc1cc(F)cc(F)c1. The van der Waals surface area contributed by atoms with Gasteiger partial charge in [0.05, 0.1) is 5.56 Å². The van der Waals surface area contributed by atoms with Crippen LogP contribution in [0.4, 0.5) is 14.5 Å². The Morgan fingerprint density at radius 3 is 2.45 bits per heavy atom. The summed E-state index contributed by atoms with van der Waals surface area (Å²) in [5, 5.41) is 0. The van der Waals surface area contributed by atoms with Crippen LogP contribution in [-0.4, -0.2) is 5.97 Å². The zero-order chi connectivity index (χ0) is 14.7. The standard InChI is InChI=1S/C15H13F2NO2/c1-9-3-2-4-13(18)14(9)15(19)20-8-10-5-11(16)7-12(17)6-10/h2-7H,8,18H2,1H3. The van der Waals surface area contributed by atoms with Gasteiger partial charge in [-0.1, -0.05) is 12.1 Å². The number of carbonyl (C=O) groups is 1. The number of hydrogen-bond acceptors (Lipinski definition) is 3. The normalized spacial score (nSPS) is 10.3. The molecule has 2 aromatic rings. The summed E-state index contributed by atoms with van der Waals surface area (Å²) in [6.45, 7) is 1.51. The Labute approximate surface area is 115 Å². The first-order valence-electron chi connectivity index (χ1n) is 5.94. The number of aryl methyl sites for hydroxylation is 1. The fraction of sp³-hybridized carbons (Fsp3) is 0.133. The van der Waals surface area contributed by atoms with Crippen LogP contribution in [0.5, 0.6) is 0 Å². The van der Waals surface area contributed by atoms with Gasteiger partial charge in [0.25, 0.3) is 0 Å². The molecule has 2 aromatic carbocycles. The lowest BCUT2D eigenvalue weighted by atomic mass is 10.1. The number of ether oxygens (including phenoxy) is 1.